The minimum atomic E-state index is -4.69. The zero-order chi connectivity index (χ0) is 29.1. The van der Waals surface area contributed by atoms with Crippen molar-refractivity contribution < 1.29 is 27.4 Å². The fourth-order valence-corrected chi connectivity index (χ4v) is 4.89. The number of ether oxygens (including phenoxy) is 2. The largest absolute Gasteiger partial charge is 0.493 e. The maximum Gasteiger partial charge on any atom is 0.435 e. The van der Waals surface area contributed by atoms with Crippen LogP contribution in [0.2, 0.25) is 0 Å². The molecule has 0 aliphatic rings. The number of halogens is 3. The normalized spacial score (nSPS) is 11.4. The minimum absolute atomic E-state index is 0.138. The number of fused-ring (bicyclic) bond motifs is 1. The fraction of sp³-hybridized carbons (Fsp3) is 0.143. The van der Waals surface area contributed by atoms with Gasteiger partial charge in [0.1, 0.15) is 17.2 Å². The van der Waals surface area contributed by atoms with Gasteiger partial charge in [0.05, 0.1) is 25.4 Å². The van der Waals surface area contributed by atoms with Crippen LogP contribution < -0.4 is 20.1 Å². The van der Waals surface area contributed by atoms with Crippen LogP contribution in [0.1, 0.15) is 11.3 Å². The van der Waals surface area contributed by atoms with Crippen LogP contribution in [-0.4, -0.2) is 40.0 Å². The first-order chi connectivity index (χ1) is 19.6. The molecule has 0 unspecified atom stereocenters. The monoisotopic (exact) mass is 580 g/mol. The predicted molar refractivity (Wildman–Crippen MR) is 149 cm³/mol. The first kappa shape index (κ1) is 27.8. The highest BCUT2D eigenvalue weighted by atomic mass is 32.2. The molecular weight excluding hydrogens is 557 g/mol. The number of hydrogen-bond acceptors (Lipinski definition) is 7. The average molecular weight is 581 g/mol. The van der Waals surface area contributed by atoms with Gasteiger partial charge in [-0.25, -0.2) is 19.4 Å². The van der Waals surface area contributed by atoms with Gasteiger partial charge < -0.3 is 14.8 Å². The summed E-state index contributed by atoms with van der Waals surface area (Å²) in [6, 6.07) is 17.3. The molecular formula is C28H23F3N6O3S. The van der Waals surface area contributed by atoms with E-state index in [1.165, 1.54) is 25.2 Å². The second kappa shape index (κ2) is 11.4. The molecule has 5 rings (SSSR count). The lowest BCUT2D eigenvalue weighted by Crippen LogP contribution is -2.21. The van der Waals surface area contributed by atoms with Gasteiger partial charge in [0.25, 0.3) is 0 Å². The van der Waals surface area contributed by atoms with E-state index in [9.17, 15) is 18.0 Å². The van der Waals surface area contributed by atoms with E-state index in [1.807, 2.05) is 13.0 Å². The van der Waals surface area contributed by atoms with Gasteiger partial charge in [-0.2, -0.15) is 18.3 Å². The highest BCUT2D eigenvalue weighted by Gasteiger charge is 2.35. The fourth-order valence-electron chi connectivity index (χ4n) is 3.96. The first-order valence-corrected chi connectivity index (χ1v) is 12.9. The van der Waals surface area contributed by atoms with Crippen LogP contribution in [0, 0.1) is 6.92 Å². The van der Waals surface area contributed by atoms with Gasteiger partial charge in [-0.3, -0.25) is 5.32 Å². The third-order valence-corrected chi connectivity index (χ3v) is 6.94. The number of methoxy groups -OCH3 is 2. The number of hydrogen-bond donors (Lipinski definition) is 2. The summed E-state index contributed by atoms with van der Waals surface area (Å²) < 4.78 is 52.1. The predicted octanol–water partition coefficient (Wildman–Crippen LogP) is 6.96. The molecule has 2 aromatic heterocycles. The minimum Gasteiger partial charge on any atom is -0.493 e. The summed E-state index contributed by atoms with van der Waals surface area (Å²) in [5.74, 6) is 0.932. The second-order valence-corrected chi connectivity index (χ2v) is 9.83. The molecule has 0 spiro atoms. The molecule has 0 radical (unpaired) electrons. The van der Waals surface area contributed by atoms with Crippen molar-refractivity contribution in [3.05, 3.63) is 84.3 Å². The van der Waals surface area contributed by atoms with Crippen molar-refractivity contribution in [2.45, 2.75) is 23.0 Å². The Hall–Kier alpha value is -4.78. The summed E-state index contributed by atoms with van der Waals surface area (Å²) in [4.78, 5) is 22.3. The number of anilines is 2. The van der Waals surface area contributed by atoms with Crippen LogP contribution in [0.25, 0.3) is 16.6 Å². The molecule has 0 aliphatic heterocycles. The standard InChI is InChI=1S/C28H23F3N6O3S/c1-16-7-9-18(10-8-16)37-25(14-24(36-37)28(29,30)31)35-27(38)34-17-5-4-6-19(11-17)41-26-20-12-22(39-2)23(40-3)13-21(20)32-15-33-26/h4-15H,1-3H3,(H2,34,35,38). The molecule has 2 heterocycles. The summed E-state index contributed by atoms with van der Waals surface area (Å²) in [7, 11) is 3.08. The maximum atomic E-state index is 13.4. The number of nitrogens with zero attached hydrogens (tertiary/aromatic N) is 4. The zero-order valence-corrected chi connectivity index (χ0v) is 22.8. The van der Waals surface area contributed by atoms with E-state index in [-0.39, 0.29) is 5.82 Å². The molecule has 210 valence electrons. The number of rotatable bonds is 7. The smallest absolute Gasteiger partial charge is 0.435 e. The van der Waals surface area contributed by atoms with Crippen molar-refractivity contribution in [2.75, 3.05) is 24.9 Å². The zero-order valence-electron chi connectivity index (χ0n) is 22.0. The van der Waals surface area contributed by atoms with Gasteiger partial charge in [-0.1, -0.05) is 35.5 Å². The van der Waals surface area contributed by atoms with Crippen molar-refractivity contribution in [1.29, 1.82) is 0 Å². The summed E-state index contributed by atoms with van der Waals surface area (Å²) in [5.41, 5.74) is 1.25. The van der Waals surface area contributed by atoms with Crippen LogP contribution in [0.5, 0.6) is 11.5 Å². The molecule has 0 atom stereocenters. The van der Waals surface area contributed by atoms with E-state index in [4.69, 9.17) is 9.47 Å². The molecule has 2 N–H and O–H groups in total. The number of alkyl halides is 3. The number of aryl methyl sites for hydroxylation is 1. The van der Waals surface area contributed by atoms with E-state index in [0.717, 1.165) is 26.6 Å². The van der Waals surface area contributed by atoms with E-state index < -0.39 is 17.9 Å². The Kier molecular flexibility index (Phi) is 7.70. The Morgan fingerprint density at radius 3 is 2.37 bits per heavy atom. The SMILES string of the molecule is COc1cc2ncnc(Sc3cccc(NC(=O)Nc4cc(C(F)(F)F)nn4-c4ccc(C)cc4)c3)c2cc1OC. The molecule has 0 fully saturated rings. The number of carbonyl (C=O) groups excluding carboxylic acids is 1. The van der Waals surface area contributed by atoms with Crippen molar-refractivity contribution in [3.8, 4) is 17.2 Å². The number of aromatic nitrogens is 4. The molecule has 41 heavy (non-hydrogen) atoms. The lowest BCUT2D eigenvalue weighted by molar-refractivity contribution is -0.141. The van der Waals surface area contributed by atoms with E-state index >= 15 is 0 Å². The summed E-state index contributed by atoms with van der Waals surface area (Å²) in [6.45, 7) is 1.86. The second-order valence-electron chi connectivity index (χ2n) is 8.77. The molecule has 0 aliphatic carbocycles. The number of nitrogens with one attached hydrogen (secondary N) is 2. The highest BCUT2D eigenvalue weighted by molar-refractivity contribution is 7.99. The number of carbonyl (C=O) groups is 1. The Labute approximate surface area is 236 Å². The van der Waals surface area contributed by atoms with E-state index in [0.29, 0.717) is 33.4 Å². The molecule has 0 bridgehead atoms. The Bertz CT molecular complexity index is 1720. The number of amides is 2. The van der Waals surface area contributed by atoms with Gasteiger partial charge in [0, 0.05) is 28.1 Å². The number of benzene rings is 3. The van der Waals surface area contributed by atoms with Crippen LogP contribution >= 0.6 is 11.8 Å². The van der Waals surface area contributed by atoms with E-state index in [2.05, 4.69) is 25.7 Å². The van der Waals surface area contributed by atoms with Gasteiger partial charge in [-0.05, 0) is 43.3 Å². The van der Waals surface area contributed by atoms with Crippen molar-refractivity contribution in [1.82, 2.24) is 19.7 Å². The van der Waals surface area contributed by atoms with Crippen molar-refractivity contribution >= 4 is 40.2 Å². The molecule has 3 aromatic carbocycles. The van der Waals surface area contributed by atoms with Crippen LogP contribution in [0.4, 0.5) is 29.5 Å². The van der Waals surface area contributed by atoms with E-state index in [1.54, 1.807) is 61.7 Å². The summed E-state index contributed by atoms with van der Waals surface area (Å²) in [5, 5.41) is 10.2. The molecule has 5 aromatic rings. The summed E-state index contributed by atoms with van der Waals surface area (Å²) in [6.07, 6.45) is -3.24. The molecule has 13 heteroatoms. The molecule has 0 saturated carbocycles. The van der Waals surface area contributed by atoms with Crippen molar-refractivity contribution in [3.63, 3.8) is 0 Å². The van der Waals surface area contributed by atoms with Gasteiger partial charge in [-0.15, -0.1) is 0 Å². The van der Waals surface area contributed by atoms with Crippen LogP contribution in [-0.2, 0) is 6.18 Å². The Morgan fingerprint density at radius 1 is 0.927 bits per heavy atom. The van der Waals surface area contributed by atoms with Gasteiger partial charge in [0.2, 0.25) is 0 Å². The topological polar surface area (TPSA) is 103 Å². The van der Waals surface area contributed by atoms with Crippen LogP contribution in [0.3, 0.4) is 0 Å². The molecule has 9 nitrogen and oxygen atoms in total. The average Bonchev–Trinajstić information content (AvgIpc) is 3.37. The van der Waals surface area contributed by atoms with Crippen molar-refractivity contribution in [2.24, 2.45) is 0 Å². The molecule has 2 amide bonds. The quantitative estimate of drug-likeness (QED) is 0.201. The first-order valence-electron chi connectivity index (χ1n) is 12.1. The lowest BCUT2D eigenvalue weighted by atomic mass is 10.2. The molecule has 0 saturated heterocycles. The Morgan fingerprint density at radius 2 is 1.66 bits per heavy atom. The lowest BCUT2D eigenvalue weighted by Gasteiger charge is -2.12. The van der Waals surface area contributed by atoms with Crippen LogP contribution in [0.15, 0.2) is 83.0 Å². The number of urea groups is 1. The third kappa shape index (κ3) is 6.19. The Balaban J connectivity index is 1.36. The third-order valence-electron chi connectivity index (χ3n) is 5.93. The summed E-state index contributed by atoms with van der Waals surface area (Å²) >= 11 is 1.34. The highest BCUT2D eigenvalue weighted by Crippen LogP contribution is 2.37. The van der Waals surface area contributed by atoms with Gasteiger partial charge >= 0.3 is 12.2 Å². The maximum absolute atomic E-state index is 13.4. The van der Waals surface area contributed by atoms with Gasteiger partial charge in [0.15, 0.2) is 17.2 Å².